The zero-order valence-corrected chi connectivity index (χ0v) is 11.1. The van der Waals surface area contributed by atoms with Crippen LogP contribution in [-0.2, 0) is 19.5 Å². The Labute approximate surface area is 113 Å². The maximum absolute atomic E-state index is 5.69. The summed E-state index contributed by atoms with van der Waals surface area (Å²) in [5.41, 5.74) is 7.90. The Morgan fingerprint density at radius 3 is 2.84 bits per heavy atom. The fraction of sp³-hybridized carbons (Fsp3) is 0.400. The van der Waals surface area contributed by atoms with E-state index in [1.165, 1.54) is 17.8 Å². The standard InChI is InChI=1S/C15H20N4/c16-14-5-3-13(4-6-14)2-1-8-18-10-11-19-9-7-17-15(19)12-18/h3-7,9H,1-2,8,10-12,16H2. The normalized spacial score (nSPS) is 15.4. The van der Waals surface area contributed by atoms with Gasteiger partial charge in [-0.3, -0.25) is 4.90 Å². The van der Waals surface area contributed by atoms with Crippen molar-refractivity contribution in [3.63, 3.8) is 0 Å². The third-order valence-corrected chi connectivity index (χ3v) is 3.74. The fourth-order valence-corrected chi connectivity index (χ4v) is 2.61. The molecule has 0 unspecified atom stereocenters. The van der Waals surface area contributed by atoms with Crippen LogP contribution in [0.3, 0.4) is 0 Å². The van der Waals surface area contributed by atoms with Gasteiger partial charge in [-0.1, -0.05) is 12.1 Å². The number of nitrogen functional groups attached to an aromatic ring is 1. The molecule has 0 atom stereocenters. The third kappa shape index (κ3) is 2.96. The van der Waals surface area contributed by atoms with Crippen LogP contribution in [0, 0.1) is 0 Å². The second-order valence-corrected chi connectivity index (χ2v) is 5.16. The molecule has 0 radical (unpaired) electrons. The summed E-state index contributed by atoms with van der Waals surface area (Å²) in [6, 6.07) is 8.20. The molecule has 1 aliphatic heterocycles. The topological polar surface area (TPSA) is 47.1 Å². The number of nitrogens with zero attached hydrogens (tertiary/aromatic N) is 3. The van der Waals surface area contributed by atoms with Crippen LogP contribution in [0.2, 0.25) is 0 Å². The summed E-state index contributed by atoms with van der Waals surface area (Å²) in [7, 11) is 0. The van der Waals surface area contributed by atoms with Crippen molar-refractivity contribution < 1.29 is 0 Å². The number of hydrogen-bond acceptors (Lipinski definition) is 3. The largest absolute Gasteiger partial charge is 0.399 e. The molecule has 4 nitrogen and oxygen atoms in total. The van der Waals surface area contributed by atoms with Crippen LogP contribution >= 0.6 is 0 Å². The lowest BCUT2D eigenvalue weighted by atomic mass is 10.1. The molecule has 100 valence electrons. The molecule has 0 bridgehead atoms. The minimum Gasteiger partial charge on any atom is -0.399 e. The first kappa shape index (κ1) is 12.2. The number of hydrogen-bond donors (Lipinski definition) is 1. The van der Waals surface area contributed by atoms with Crippen LogP contribution in [0.25, 0.3) is 0 Å². The van der Waals surface area contributed by atoms with Crippen molar-refractivity contribution in [1.82, 2.24) is 14.5 Å². The van der Waals surface area contributed by atoms with Gasteiger partial charge >= 0.3 is 0 Å². The molecule has 19 heavy (non-hydrogen) atoms. The van der Waals surface area contributed by atoms with E-state index in [1.807, 2.05) is 18.3 Å². The lowest BCUT2D eigenvalue weighted by Crippen LogP contribution is -2.34. The van der Waals surface area contributed by atoms with Gasteiger partial charge in [-0.2, -0.15) is 0 Å². The van der Waals surface area contributed by atoms with Crippen LogP contribution in [0.4, 0.5) is 5.69 Å². The molecule has 0 saturated carbocycles. The third-order valence-electron chi connectivity index (χ3n) is 3.74. The van der Waals surface area contributed by atoms with E-state index in [2.05, 4.69) is 32.8 Å². The van der Waals surface area contributed by atoms with Crippen molar-refractivity contribution in [1.29, 1.82) is 0 Å². The first-order valence-electron chi connectivity index (χ1n) is 6.88. The smallest absolute Gasteiger partial charge is 0.122 e. The lowest BCUT2D eigenvalue weighted by molar-refractivity contribution is 0.215. The van der Waals surface area contributed by atoms with E-state index in [4.69, 9.17) is 5.73 Å². The minimum absolute atomic E-state index is 0.839. The highest BCUT2D eigenvalue weighted by Crippen LogP contribution is 2.12. The van der Waals surface area contributed by atoms with Gasteiger partial charge in [0.05, 0.1) is 6.54 Å². The first-order valence-corrected chi connectivity index (χ1v) is 6.88. The summed E-state index contributed by atoms with van der Waals surface area (Å²) in [5.74, 6) is 1.19. The van der Waals surface area contributed by atoms with Gasteiger partial charge in [-0.05, 0) is 37.1 Å². The molecule has 3 rings (SSSR count). The highest BCUT2D eigenvalue weighted by molar-refractivity contribution is 5.39. The van der Waals surface area contributed by atoms with Gasteiger partial charge in [-0.25, -0.2) is 4.98 Å². The molecule has 4 heteroatoms. The Morgan fingerprint density at radius 1 is 1.16 bits per heavy atom. The van der Waals surface area contributed by atoms with Crippen molar-refractivity contribution in [3.05, 3.63) is 48.0 Å². The zero-order valence-electron chi connectivity index (χ0n) is 11.1. The summed E-state index contributed by atoms with van der Waals surface area (Å²) in [6.07, 6.45) is 6.27. The van der Waals surface area contributed by atoms with Crippen molar-refractivity contribution in [2.24, 2.45) is 0 Å². The molecule has 0 fully saturated rings. The Morgan fingerprint density at radius 2 is 2.00 bits per heavy atom. The summed E-state index contributed by atoms with van der Waals surface area (Å²) in [4.78, 5) is 6.88. The number of anilines is 1. The molecule has 2 aromatic rings. The molecule has 2 heterocycles. The van der Waals surface area contributed by atoms with E-state index in [1.54, 1.807) is 0 Å². The summed E-state index contributed by atoms with van der Waals surface area (Å²) in [5, 5.41) is 0. The summed E-state index contributed by atoms with van der Waals surface area (Å²) >= 11 is 0. The average molecular weight is 256 g/mol. The van der Waals surface area contributed by atoms with Crippen LogP contribution in [0.1, 0.15) is 17.8 Å². The van der Waals surface area contributed by atoms with Crippen molar-refractivity contribution in [2.45, 2.75) is 25.9 Å². The number of aromatic nitrogens is 2. The van der Waals surface area contributed by atoms with E-state index < -0.39 is 0 Å². The number of benzene rings is 1. The molecule has 0 spiro atoms. The maximum Gasteiger partial charge on any atom is 0.122 e. The number of rotatable bonds is 4. The molecule has 0 saturated heterocycles. The first-order chi connectivity index (χ1) is 9.31. The van der Waals surface area contributed by atoms with E-state index in [0.29, 0.717) is 0 Å². The van der Waals surface area contributed by atoms with Crippen LogP contribution in [0.15, 0.2) is 36.7 Å². The van der Waals surface area contributed by atoms with E-state index >= 15 is 0 Å². The van der Waals surface area contributed by atoms with Crippen LogP contribution < -0.4 is 5.73 Å². The average Bonchev–Trinajstić information content (AvgIpc) is 2.88. The number of aryl methyl sites for hydroxylation is 1. The van der Waals surface area contributed by atoms with Crippen molar-refractivity contribution in [2.75, 3.05) is 18.8 Å². The maximum atomic E-state index is 5.69. The number of nitrogens with two attached hydrogens (primary N) is 1. The highest BCUT2D eigenvalue weighted by Gasteiger charge is 2.15. The minimum atomic E-state index is 0.839. The summed E-state index contributed by atoms with van der Waals surface area (Å²) < 4.78 is 2.25. The fourth-order valence-electron chi connectivity index (χ4n) is 2.61. The predicted octanol–water partition coefficient (Wildman–Crippen LogP) is 1.91. The van der Waals surface area contributed by atoms with Gasteiger partial charge in [0.25, 0.3) is 0 Å². The lowest BCUT2D eigenvalue weighted by Gasteiger charge is -2.27. The van der Waals surface area contributed by atoms with Gasteiger partial charge < -0.3 is 10.3 Å². The molecule has 1 aromatic heterocycles. The molecular formula is C15H20N4. The second kappa shape index (κ2) is 5.45. The van der Waals surface area contributed by atoms with Gasteiger partial charge in [0.1, 0.15) is 5.82 Å². The quantitative estimate of drug-likeness (QED) is 0.850. The Kier molecular flexibility index (Phi) is 3.51. The zero-order chi connectivity index (χ0) is 13.1. The molecular weight excluding hydrogens is 236 g/mol. The Bertz CT molecular complexity index is 529. The van der Waals surface area contributed by atoms with E-state index in [9.17, 15) is 0 Å². The number of fused-ring (bicyclic) bond motifs is 1. The monoisotopic (exact) mass is 256 g/mol. The van der Waals surface area contributed by atoms with Gasteiger partial charge in [-0.15, -0.1) is 0 Å². The van der Waals surface area contributed by atoms with Gasteiger partial charge in [0.15, 0.2) is 0 Å². The van der Waals surface area contributed by atoms with Crippen LogP contribution in [0.5, 0.6) is 0 Å². The second-order valence-electron chi connectivity index (χ2n) is 5.16. The molecule has 2 N–H and O–H groups in total. The Hall–Kier alpha value is -1.81. The molecule has 0 aliphatic carbocycles. The SMILES string of the molecule is Nc1ccc(CCCN2CCn3ccnc3C2)cc1. The molecule has 0 amide bonds. The molecule has 1 aliphatic rings. The van der Waals surface area contributed by atoms with Gasteiger partial charge in [0, 0.05) is 31.2 Å². The Balaban J connectivity index is 1.47. The van der Waals surface area contributed by atoms with Gasteiger partial charge in [0.2, 0.25) is 0 Å². The molecule has 1 aromatic carbocycles. The highest BCUT2D eigenvalue weighted by atomic mass is 15.2. The number of imidazole rings is 1. The summed E-state index contributed by atoms with van der Waals surface area (Å²) in [6.45, 7) is 4.31. The van der Waals surface area contributed by atoms with Crippen LogP contribution in [-0.4, -0.2) is 27.5 Å². The van der Waals surface area contributed by atoms with E-state index in [-0.39, 0.29) is 0 Å². The predicted molar refractivity (Wildman–Crippen MR) is 76.7 cm³/mol. The van der Waals surface area contributed by atoms with Crippen molar-refractivity contribution >= 4 is 5.69 Å². The van der Waals surface area contributed by atoms with Crippen molar-refractivity contribution in [3.8, 4) is 0 Å². The van der Waals surface area contributed by atoms with E-state index in [0.717, 1.165) is 38.3 Å².